The van der Waals surface area contributed by atoms with Crippen molar-refractivity contribution in [3.8, 4) is 0 Å². The predicted molar refractivity (Wildman–Crippen MR) is 64.8 cm³/mol. The normalized spacial score (nSPS) is 30.8. The van der Waals surface area contributed by atoms with Crippen LogP contribution in [0.3, 0.4) is 0 Å². The lowest BCUT2D eigenvalue weighted by Gasteiger charge is -2.37. The number of piperidine rings is 1. The molecule has 0 aromatic carbocycles. The summed E-state index contributed by atoms with van der Waals surface area (Å²) < 4.78 is 5.72. The van der Waals surface area contributed by atoms with Crippen LogP contribution in [0.25, 0.3) is 0 Å². The lowest BCUT2D eigenvalue weighted by Crippen LogP contribution is -2.44. The van der Waals surface area contributed by atoms with E-state index in [1.54, 1.807) is 0 Å². The Morgan fingerprint density at radius 2 is 1.94 bits per heavy atom. The molecule has 1 aromatic heterocycles. The number of fused-ring (bicyclic) bond motifs is 2. The van der Waals surface area contributed by atoms with Crippen molar-refractivity contribution in [2.45, 2.75) is 57.7 Å². The smallest absolute Gasteiger partial charge is 0.136 e. The van der Waals surface area contributed by atoms with Gasteiger partial charge in [0.15, 0.2) is 0 Å². The van der Waals surface area contributed by atoms with Crippen LogP contribution < -0.4 is 0 Å². The summed E-state index contributed by atoms with van der Waals surface area (Å²) in [5.41, 5.74) is 0. The Morgan fingerprint density at radius 3 is 2.47 bits per heavy atom. The highest BCUT2D eigenvalue weighted by Gasteiger charge is 2.43. The molecule has 2 saturated heterocycles. The van der Waals surface area contributed by atoms with Gasteiger partial charge >= 0.3 is 0 Å². The third-order valence-electron chi connectivity index (χ3n) is 4.22. The quantitative estimate of drug-likeness (QED) is 0.787. The van der Waals surface area contributed by atoms with Crippen molar-refractivity contribution in [1.82, 2.24) is 4.90 Å². The van der Waals surface area contributed by atoms with Crippen LogP contribution in [-0.2, 0) is 4.79 Å². The number of aryl methyl sites for hydroxylation is 1. The summed E-state index contributed by atoms with van der Waals surface area (Å²) in [5.74, 6) is 2.44. The van der Waals surface area contributed by atoms with Gasteiger partial charge in [-0.15, -0.1) is 0 Å². The van der Waals surface area contributed by atoms with E-state index in [9.17, 15) is 4.79 Å². The molecule has 2 aliphatic heterocycles. The van der Waals surface area contributed by atoms with Crippen LogP contribution in [0.15, 0.2) is 16.5 Å². The molecule has 0 spiro atoms. The molecule has 3 rings (SSSR count). The molecule has 1 aromatic rings. The summed E-state index contributed by atoms with van der Waals surface area (Å²) >= 11 is 0. The lowest BCUT2D eigenvalue weighted by atomic mass is 9.99. The molecular formula is C14H19NO2. The minimum atomic E-state index is 0.300. The zero-order chi connectivity index (χ0) is 12.0. The zero-order valence-electron chi connectivity index (χ0n) is 10.5. The molecule has 0 radical (unpaired) electrons. The fourth-order valence-electron chi connectivity index (χ4n) is 3.46. The summed E-state index contributed by atoms with van der Waals surface area (Å²) in [6.07, 6.45) is 3.81. The number of Topliss-reactive ketones (excluding diaryl/α,β-unsaturated/α-hetero) is 1. The minimum absolute atomic E-state index is 0.300. The second-order valence-electron chi connectivity index (χ2n) is 5.40. The Hall–Kier alpha value is -1.09. The van der Waals surface area contributed by atoms with Crippen LogP contribution in [0.1, 0.15) is 50.2 Å². The predicted octanol–water partition coefficient (Wildman–Crippen LogP) is 2.84. The van der Waals surface area contributed by atoms with Crippen molar-refractivity contribution in [2.75, 3.05) is 0 Å². The first-order valence-electron chi connectivity index (χ1n) is 6.50. The molecule has 2 bridgehead atoms. The van der Waals surface area contributed by atoms with Gasteiger partial charge in [0.05, 0.1) is 6.04 Å². The fourth-order valence-corrected chi connectivity index (χ4v) is 3.46. The van der Waals surface area contributed by atoms with Crippen LogP contribution in [0.2, 0.25) is 0 Å². The number of furan rings is 1. The van der Waals surface area contributed by atoms with Crippen LogP contribution in [0, 0.1) is 6.92 Å². The maximum atomic E-state index is 11.6. The Morgan fingerprint density at radius 1 is 1.29 bits per heavy atom. The van der Waals surface area contributed by atoms with Crippen molar-refractivity contribution in [3.05, 3.63) is 23.7 Å². The summed E-state index contributed by atoms with van der Waals surface area (Å²) in [5, 5.41) is 0. The molecule has 3 heteroatoms. The van der Waals surface area contributed by atoms with Crippen LogP contribution in [-0.4, -0.2) is 22.8 Å². The number of carbonyl (C=O) groups is 1. The number of rotatable bonds is 2. The molecule has 0 aliphatic carbocycles. The van der Waals surface area contributed by atoms with E-state index in [2.05, 4.69) is 17.9 Å². The second kappa shape index (κ2) is 3.98. The van der Waals surface area contributed by atoms with Crippen molar-refractivity contribution in [1.29, 1.82) is 0 Å². The maximum Gasteiger partial charge on any atom is 0.136 e. The van der Waals surface area contributed by atoms with Crippen molar-refractivity contribution >= 4 is 5.78 Å². The van der Waals surface area contributed by atoms with Crippen molar-refractivity contribution in [3.63, 3.8) is 0 Å². The van der Waals surface area contributed by atoms with E-state index in [-0.39, 0.29) is 0 Å². The van der Waals surface area contributed by atoms with Crippen LogP contribution >= 0.6 is 0 Å². The van der Waals surface area contributed by atoms with Gasteiger partial charge in [-0.05, 0) is 38.8 Å². The average molecular weight is 233 g/mol. The Labute approximate surface area is 102 Å². The first-order valence-corrected chi connectivity index (χ1v) is 6.50. The Bertz CT molecular complexity index is 421. The van der Waals surface area contributed by atoms with Crippen LogP contribution in [0.5, 0.6) is 0 Å². The SMILES string of the molecule is Cc1ccc(C(C)N2C3CCC2CC(=O)C3)o1. The van der Waals surface area contributed by atoms with Gasteiger partial charge in [0.25, 0.3) is 0 Å². The molecule has 3 atom stereocenters. The highest BCUT2D eigenvalue weighted by atomic mass is 16.3. The standard InChI is InChI=1S/C14H19NO2/c1-9-3-6-14(17-9)10(2)15-11-4-5-12(15)8-13(16)7-11/h3,6,10-12H,4-5,7-8H2,1-2H3. The topological polar surface area (TPSA) is 33.5 Å². The van der Waals surface area contributed by atoms with E-state index >= 15 is 0 Å². The molecule has 17 heavy (non-hydrogen) atoms. The number of carbonyl (C=O) groups excluding carboxylic acids is 1. The molecule has 2 fully saturated rings. The molecule has 2 aliphatic rings. The lowest BCUT2D eigenvalue weighted by molar-refractivity contribution is -0.124. The molecular weight excluding hydrogens is 214 g/mol. The van der Waals surface area contributed by atoms with Crippen molar-refractivity contribution < 1.29 is 9.21 Å². The highest BCUT2D eigenvalue weighted by Crippen LogP contribution is 2.40. The van der Waals surface area contributed by atoms with E-state index in [0.717, 1.165) is 24.4 Å². The van der Waals surface area contributed by atoms with E-state index in [1.165, 1.54) is 12.8 Å². The number of hydrogen-bond acceptors (Lipinski definition) is 3. The minimum Gasteiger partial charge on any atom is -0.465 e. The molecule has 3 nitrogen and oxygen atoms in total. The summed E-state index contributed by atoms with van der Waals surface area (Å²) in [7, 11) is 0. The van der Waals surface area contributed by atoms with Gasteiger partial charge < -0.3 is 4.42 Å². The number of ketones is 1. The summed E-state index contributed by atoms with van der Waals surface area (Å²) in [6, 6.07) is 5.27. The van der Waals surface area contributed by atoms with Crippen molar-refractivity contribution in [2.24, 2.45) is 0 Å². The van der Waals surface area contributed by atoms with Gasteiger partial charge in [-0.2, -0.15) is 0 Å². The zero-order valence-corrected chi connectivity index (χ0v) is 10.5. The van der Waals surface area contributed by atoms with E-state index in [1.807, 2.05) is 13.0 Å². The third-order valence-corrected chi connectivity index (χ3v) is 4.22. The van der Waals surface area contributed by atoms with Gasteiger partial charge in [-0.1, -0.05) is 0 Å². The number of hydrogen-bond donors (Lipinski definition) is 0. The van der Waals surface area contributed by atoms with E-state index in [4.69, 9.17) is 4.42 Å². The monoisotopic (exact) mass is 233 g/mol. The van der Waals surface area contributed by atoms with Gasteiger partial charge in [0.1, 0.15) is 17.3 Å². The van der Waals surface area contributed by atoms with Gasteiger partial charge in [-0.25, -0.2) is 0 Å². The third kappa shape index (κ3) is 1.82. The first kappa shape index (κ1) is 11.0. The molecule has 92 valence electrons. The molecule has 3 heterocycles. The molecule has 3 unspecified atom stereocenters. The van der Waals surface area contributed by atoms with E-state index in [0.29, 0.717) is 23.9 Å². The highest BCUT2D eigenvalue weighted by molar-refractivity contribution is 5.81. The Balaban J connectivity index is 1.83. The van der Waals surface area contributed by atoms with E-state index < -0.39 is 0 Å². The summed E-state index contributed by atoms with van der Waals surface area (Å²) in [6.45, 7) is 4.17. The van der Waals surface area contributed by atoms with Gasteiger partial charge in [0, 0.05) is 24.9 Å². The van der Waals surface area contributed by atoms with Gasteiger partial charge in [0.2, 0.25) is 0 Å². The number of nitrogens with zero attached hydrogens (tertiary/aromatic N) is 1. The second-order valence-corrected chi connectivity index (χ2v) is 5.40. The fraction of sp³-hybridized carbons (Fsp3) is 0.643. The first-order chi connectivity index (χ1) is 8.15. The van der Waals surface area contributed by atoms with Crippen LogP contribution in [0.4, 0.5) is 0 Å². The molecule has 0 N–H and O–H groups in total. The largest absolute Gasteiger partial charge is 0.465 e. The Kier molecular flexibility index (Phi) is 2.58. The maximum absolute atomic E-state index is 11.6. The molecule has 0 saturated carbocycles. The summed E-state index contributed by atoms with van der Waals surface area (Å²) in [4.78, 5) is 14.1. The van der Waals surface area contributed by atoms with Gasteiger partial charge in [-0.3, -0.25) is 9.69 Å². The molecule has 0 amide bonds. The average Bonchev–Trinajstić information content (AvgIpc) is 2.81.